The lowest BCUT2D eigenvalue weighted by molar-refractivity contribution is -0.132. The largest absolute Gasteiger partial charge is 0.442 e. The molecule has 1 aliphatic heterocycles. The molecule has 0 saturated carbocycles. The van der Waals surface area contributed by atoms with Crippen molar-refractivity contribution in [2.45, 2.75) is 25.5 Å². The highest BCUT2D eigenvalue weighted by atomic mass is 19.3. The maximum atomic E-state index is 14.8. The lowest BCUT2D eigenvalue weighted by Gasteiger charge is -2.15. The summed E-state index contributed by atoms with van der Waals surface area (Å²) in [6, 6.07) is 11.5. The predicted octanol–water partition coefficient (Wildman–Crippen LogP) is 3.65. The summed E-state index contributed by atoms with van der Waals surface area (Å²) in [5.41, 5.74) is 2.24. The molecular formula is C22H23F4N3O3. The molecule has 0 aliphatic carbocycles. The molecule has 1 saturated heterocycles. The molecule has 0 aromatic heterocycles. The van der Waals surface area contributed by atoms with Crippen molar-refractivity contribution in [2.24, 2.45) is 0 Å². The van der Waals surface area contributed by atoms with Gasteiger partial charge in [-0.05, 0) is 42.3 Å². The van der Waals surface area contributed by atoms with E-state index in [1.54, 1.807) is 24.3 Å². The molecule has 1 heterocycles. The summed E-state index contributed by atoms with van der Waals surface area (Å²) < 4.78 is 56.5. The minimum absolute atomic E-state index is 0.00869. The van der Waals surface area contributed by atoms with Gasteiger partial charge < -0.3 is 15.4 Å². The summed E-state index contributed by atoms with van der Waals surface area (Å²) >= 11 is 0. The maximum Gasteiger partial charge on any atom is 0.414 e. The van der Waals surface area contributed by atoms with Crippen LogP contribution in [0.3, 0.4) is 0 Å². The number of carbonyl (C=O) groups excluding carboxylic acids is 2. The van der Waals surface area contributed by atoms with Gasteiger partial charge in [-0.2, -0.15) is 8.78 Å². The molecule has 32 heavy (non-hydrogen) atoms. The Hall–Kier alpha value is -3.14. The van der Waals surface area contributed by atoms with Crippen molar-refractivity contribution in [2.75, 3.05) is 31.2 Å². The molecule has 1 fully saturated rings. The predicted molar refractivity (Wildman–Crippen MR) is 111 cm³/mol. The zero-order valence-corrected chi connectivity index (χ0v) is 17.1. The van der Waals surface area contributed by atoms with Crippen molar-refractivity contribution < 1.29 is 31.9 Å². The second-order valence-corrected chi connectivity index (χ2v) is 7.24. The SMILES string of the molecule is O=C(NC[C@H]1CN(c2ccc(-c3ccc(CNCCCF)cc3)c(F)c2)C(=O)O1)C(F)F. The lowest BCUT2D eigenvalue weighted by atomic mass is 10.0. The maximum absolute atomic E-state index is 14.8. The summed E-state index contributed by atoms with van der Waals surface area (Å²) in [4.78, 5) is 24.2. The molecule has 1 aliphatic rings. The number of amides is 2. The minimum atomic E-state index is -3.16. The molecule has 0 spiro atoms. The lowest BCUT2D eigenvalue weighted by Crippen LogP contribution is -2.37. The van der Waals surface area contributed by atoms with Crippen LogP contribution in [0.1, 0.15) is 12.0 Å². The number of rotatable bonds is 10. The van der Waals surface area contributed by atoms with Crippen LogP contribution in [0.25, 0.3) is 11.1 Å². The number of cyclic esters (lactones) is 1. The van der Waals surface area contributed by atoms with Gasteiger partial charge in [-0.25, -0.2) is 9.18 Å². The van der Waals surface area contributed by atoms with E-state index in [1.165, 1.54) is 11.0 Å². The number of hydrogen-bond acceptors (Lipinski definition) is 4. The number of alkyl halides is 3. The molecule has 3 rings (SSSR count). The zero-order valence-electron chi connectivity index (χ0n) is 17.1. The molecule has 0 unspecified atom stereocenters. The number of halogens is 4. The normalized spacial score (nSPS) is 15.8. The molecule has 2 N–H and O–H groups in total. The number of nitrogens with zero attached hydrogens (tertiary/aromatic N) is 1. The molecule has 2 aromatic rings. The van der Waals surface area contributed by atoms with Crippen LogP contribution in [0.4, 0.5) is 28.0 Å². The zero-order chi connectivity index (χ0) is 23.1. The molecule has 2 aromatic carbocycles. The third kappa shape index (κ3) is 5.97. The molecule has 2 amide bonds. The fourth-order valence-electron chi connectivity index (χ4n) is 3.26. The minimum Gasteiger partial charge on any atom is -0.442 e. The Morgan fingerprint density at radius 2 is 1.94 bits per heavy atom. The van der Waals surface area contributed by atoms with Gasteiger partial charge in [0.1, 0.15) is 11.9 Å². The Labute approximate surface area is 182 Å². The Kier molecular flexibility index (Phi) is 8.04. The van der Waals surface area contributed by atoms with Crippen LogP contribution in [-0.4, -0.2) is 50.8 Å². The van der Waals surface area contributed by atoms with Gasteiger partial charge in [0, 0.05) is 12.1 Å². The van der Waals surface area contributed by atoms with Crippen molar-refractivity contribution in [3.8, 4) is 11.1 Å². The molecule has 6 nitrogen and oxygen atoms in total. The first-order chi connectivity index (χ1) is 15.4. The molecule has 10 heteroatoms. The number of ether oxygens (including phenoxy) is 1. The number of nitrogens with one attached hydrogen (secondary N) is 2. The average Bonchev–Trinajstić information content (AvgIpc) is 3.16. The van der Waals surface area contributed by atoms with Crippen molar-refractivity contribution >= 4 is 17.7 Å². The molecule has 0 bridgehead atoms. The standard InChI is InChI=1S/C22H23F4N3O3/c23-8-1-9-27-11-14-2-4-15(5-3-14)18-7-6-16(10-19(18)24)29-13-17(32-22(29)31)12-28-21(30)20(25)26/h2-7,10,17,20,27H,1,8-9,11-13H2,(H,28,30)/t17-/m0/s1. The Morgan fingerprint density at radius 3 is 2.59 bits per heavy atom. The summed E-state index contributed by atoms with van der Waals surface area (Å²) in [7, 11) is 0. The molecule has 1 atom stereocenters. The van der Waals surface area contributed by atoms with Gasteiger partial charge in [0.05, 0.1) is 25.5 Å². The van der Waals surface area contributed by atoms with E-state index >= 15 is 0 Å². The van der Waals surface area contributed by atoms with Gasteiger partial charge in [-0.3, -0.25) is 14.1 Å². The van der Waals surface area contributed by atoms with E-state index < -0.39 is 30.3 Å². The van der Waals surface area contributed by atoms with Crippen LogP contribution in [0.5, 0.6) is 0 Å². The fraction of sp³-hybridized carbons (Fsp3) is 0.364. The highest BCUT2D eigenvalue weighted by molar-refractivity contribution is 5.90. The monoisotopic (exact) mass is 453 g/mol. The Morgan fingerprint density at radius 1 is 1.19 bits per heavy atom. The third-order valence-electron chi connectivity index (χ3n) is 4.92. The summed E-state index contributed by atoms with van der Waals surface area (Å²) in [5.74, 6) is -1.99. The van der Waals surface area contributed by atoms with E-state index in [-0.39, 0.29) is 25.5 Å². The van der Waals surface area contributed by atoms with Crippen LogP contribution >= 0.6 is 0 Å². The van der Waals surface area contributed by atoms with Gasteiger partial charge in [0.25, 0.3) is 5.91 Å². The van der Waals surface area contributed by atoms with Crippen LogP contribution in [0, 0.1) is 5.82 Å². The Balaban J connectivity index is 1.62. The van der Waals surface area contributed by atoms with E-state index in [4.69, 9.17) is 4.74 Å². The van der Waals surface area contributed by atoms with Gasteiger partial charge in [-0.1, -0.05) is 24.3 Å². The number of hydrogen-bond donors (Lipinski definition) is 2. The first-order valence-corrected chi connectivity index (χ1v) is 10.1. The van der Waals surface area contributed by atoms with E-state index in [0.29, 0.717) is 30.6 Å². The molecule has 0 radical (unpaired) electrons. The molecule has 172 valence electrons. The summed E-state index contributed by atoms with van der Waals surface area (Å²) in [6.07, 6.45) is -4.28. The number of carbonyl (C=O) groups is 2. The summed E-state index contributed by atoms with van der Waals surface area (Å²) in [5, 5.41) is 5.11. The first-order valence-electron chi connectivity index (χ1n) is 10.1. The number of benzene rings is 2. The van der Waals surface area contributed by atoms with Crippen LogP contribution in [0.2, 0.25) is 0 Å². The third-order valence-corrected chi connectivity index (χ3v) is 4.92. The topological polar surface area (TPSA) is 70.7 Å². The van der Waals surface area contributed by atoms with Gasteiger partial charge in [-0.15, -0.1) is 0 Å². The van der Waals surface area contributed by atoms with Crippen LogP contribution in [0.15, 0.2) is 42.5 Å². The van der Waals surface area contributed by atoms with Crippen LogP contribution < -0.4 is 15.5 Å². The van der Waals surface area contributed by atoms with Gasteiger partial charge >= 0.3 is 12.5 Å². The van der Waals surface area contributed by atoms with E-state index in [1.807, 2.05) is 17.4 Å². The van der Waals surface area contributed by atoms with Crippen molar-refractivity contribution in [1.82, 2.24) is 10.6 Å². The van der Waals surface area contributed by atoms with Gasteiger partial charge in [0.15, 0.2) is 0 Å². The van der Waals surface area contributed by atoms with E-state index in [0.717, 1.165) is 5.56 Å². The van der Waals surface area contributed by atoms with Crippen molar-refractivity contribution in [3.63, 3.8) is 0 Å². The smallest absolute Gasteiger partial charge is 0.414 e. The van der Waals surface area contributed by atoms with Crippen molar-refractivity contribution in [3.05, 3.63) is 53.8 Å². The first kappa shape index (κ1) is 23.5. The quantitative estimate of drug-likeness (QED) is 0.426. The fourth-order valence-corrected chi connectivity index (χ4v) is 3.26. The summed E-state index contributed by atoms with van der Waals surface area (Å²) in [6.45, 7) is 0.517. The average molecular weight is 453 g/mol. The highest BCUT2D eigenvalue weighted by Gasteiger charge is 2.33. The Bertz CT molecular complexity index is 941. The van der Waals surface area contributed by atoms with E-state index in [2.05, 4.69) is 5.32 Å². The van der Waals surface area contributed by atoms with Gasteiger partial charge in [0.2, 0.25) is 0 Å². The van der Waals surface area contributed by atoms with E-state index in [9.17, 15) is 27.2 Å². The second kappa shape index (κ2) is 10.9. The van der Waals surface area contributed by atoms with Crippen molar-refractivity contribution in [1.29, 1.82) is 0 Å². The molecular weight excluding hydrogens is 430 g/mol. The van der Waals surface area contributed by atoms with Crippen LogP contribution in [-0.2, 0) is 16.1 Å². The second-order valence-electron chi connectivity index (χ2n) is 7.24. The number of anilines is 1. The highest BCUT2D eigenvalue weighted by Crippen LogP contribution is 2.29.